The van der Waals surface area contributed by atoms with Gasteiger partial charge in [0.2, 0.25) is 0 Å². The fourth-order valence-corrected chi connectivity index (χ4v) is 4.18. The molecule has 0 amide bonds. The van der Waals surface area contributed by atoms with Crippen LogP contribution in [0.4, 0.5) is 0 Å². The predicted molar refractivity (Wildman–Crippen MR) is 101 cm³/mol. The SMILES string of the molecule is CC1(C)CCCCC1.CC1(C)c2ccccc2-c2ccccc21. The van der Waals surface area contributed by atoms with Crippen LogP contribution in [0.25, 0.3) is 11.1 Å². The lowest BCUT2D eigenvalue weighted by atomic mass is 9.78. The average molecular weight is 306 g/mol. The van der Waals surface area contributed by atoms with E-state index >= 15 is 0 Å². The molecule has 1 fully saturated rings. The van der Waals surface area contributed by atoms with Gasteiger partial charge < -0.3 is 0 Å². The molecule has 2 aromatic rings. The molecular weight excluding hydrogens is 276 g/mol. The molecule has 0 bridgehead atoms. The lowest BCUT2D eigenvalue weighted by Gasteiger charge is -2.28. The van der Waals surface area contributed by atoms with E-state index in [1.165, 1.54) is 54.4 Å². The summed E-state index contributed by atoms with van der Waals surface area (Å²) in [6.07, 6.45) is 7.31. The molecule has 2 aromatic carbocycles. The van der Waals surface area contributed by atoms with Crippen LogP contribution in [0.2, 0.25) is 0 Å². The third kappa shape index (κ3) is 3.22. The zero-order chi connectivity index (χ0) is 16.5. The van der Waals surface area contributed by atoms with Crippen LogP contribution in [-0.4, -0.2) is 0 Å². The van der Waals surface area contributed by atoms with Crippen molar-refractivity contribution in [1.82, 2.24) is 0 Å². The fourth-order valence-electron chi connectivity index (χ4n) is 4.18. The first-order chi connectivity index (χ1) is 10.9. The summed E-state index contributed by atoms with van der Waals surface area (Å²) in [5.74, 6) is 0. The summed E-state index contributed by atoms with van der Waals surface area (Å²) in [6.45, 7) is 9.37. The molecule has 1 saturated carbocycles. The maximum atomic E-state index is 2.38. The van der Waals surface area contributed by atoms with Crippen LogP contribution in [0, 0.1) is 5.41 Å². The van der Waals surface area contributed by atoms with E-state index in [1.54, 1.807) is 0 Å². The maximum absolute atomic E-state index is 2.38. The minimum absolute atomic E-state index is 0.160. The highest BCUT2D eigenvalue weighted by atomic mass is 14.4. The molecule has 0 saturated heterocycles. The highest BCUT2D eigenvalue weighted by molar-refractivity contribution is 5.80. The van der Waals surface area contributed by atoms with E-state index in [2.05, 4.69) is 76.2 Å². The van der Waals surface area contributed by atoms with E-state index < -0.39 is 0 Å². The fraction of sp³-hybridized carbons (Fsp3) is 0.478. The van der Waals surface area contributed by atoms with E-state index in [-0.39, 0.29) is 5.41 Å². The quantitative estimate of drug-likeness (QED) is 0.493. The van der Waals surface area contributed by atoms with Crippen LogP contribution in [0.1, 0.15) is 70.9 Å². The average Bonchev–Trinajstić information content (AvgIpc) is 2.77. The molecular formula is C23H30. The Balaban J connectivity index is 0.000000166. The summed E-state index contributed by atoms with van der Waals surface area (Å²) >= 11 is 0. The third-order valence-corrected chi connectivity index (χ3v) is 5.70. The zero-order valence-electron chi connectivity index (χ0n) is 15.2. The second kappa shape index (κ2) is 6.15. The first-order valence-electron chi connectivity index (χ1n) is 9.11. The van der Waals surface area contributed by atoms with E-state index in [4.69, 9.17) is 0 Å². The molecule has 0 aliphatic heterocycles. The summed E-state index contributed by atoms with van der Waals surface area (Å²) in [5.41, 5.74) is 6.54. The van der Waals surface area contributed by atoms with Crippen molar-refractivity contribution in [3.8, 4) is 11.1 Å². The van der Waals surface area contributed by atoms with Crippen molar-refractivity contribution in [2.45, 2.75) is 65.2 Å². The van der Waals surface area contributed by atoms with Gasteiger partial charge in [-0.25, -0.2) is 0 Å². The largest absolute Gasteiger partial charge is 0.0619 e. The highest BCUT2D eigenvalue weighted by Gasteiger charge is 2.34. The number of benzene rings is 2. The molecule has 0 N–H and O–H groups in total. The Morgan fingerprint density at radius 3 is 1.43 bits per heavy atom. The summed E-state index contributed by atoms with van der Waals surface area (Å²) in [5, 5.41) is 0. The molecule has 0 nitrogen and oxygen atoms in total. The Kier molecular flexibility index (Phi) is 4.36. The number of rotatable bonds is 0. The molecule has 122 valence electrons. The van der Waals surface area contributed by atoms with Crippen LogP contribution >= 0.6 is 0 Å². The minimum Gasteiger partial charge on any atom is -0.0619 e. The first kappa shape index (κ1) is 16.3. The molecule has 0 unspecified atom stereocenters. The highest BCUT2D eigenvalue weighted by Crippen LogP contribution is 2.47. The van der Waals surface area contributed by atoms with Gasteiger partial charge in [-0.3, -0.25) is 0 Å². The van der Waals surface area contributed by atoms with Crippen molar-refractivity contribution in [2.24, 2.45) is 5.41 Å². The van der Waals surface area contributed by atoms with Crippen LogP contribution in [0.5, 0.6) is 0 Å². The molecule has 2 aliphatic carbocycles. The standard InChI is InChI=1S/C15H14.C8H16/c1-15(2)13-9-5-3-7-11(13)12-8-4-6-10-14(12)15;1-8(2)6-4-3-5-7-8/h3-10H,1-2H3;3-7H2,1-2H3. The van der Waals surface area contributed by atoms with Crippen LogP contribution in [0.15, 0.2) is 48.5 Å². The summed E-state index contributed by atoms with van der Waals surface area (Å²) in [4.78, 5) is 0. The zero-order valence-corrected chi connectivity index (χ0v) is 15.2. The normalized spacial score (nSPS) is 20.0. The van der Waals surface area contributed by atoms with Crippen molar-refractivity contribution in [3.05, 3.63) is 59.7 Å². The predicted octanol–water partition coefficient (Wildman–Crippen LogP) is 6.97. The van der Waals surface area contributed by atoms with Crippen molar-refractivity contribution >= 4 is 0 Å². The van der Waals surface area contributed by atoms with Gasteiger partial charge in [0.05, 0.1) is 0 Å². The number of hydrogen-bond acceptors (Lipinski definition) is 0. The molecule has 0 atom stereocenters. The first-order valence-corrected chi connectivity index (χ1v) is 9.11. The number of hydrogen-bond donors (Lipinski definition) is 0. The second-order valence-electron chi connectivity index (χ2n) is 8.44. The van der Waals surface area contributed by atoms with Gasteiger partial charge in [0.1, 0.15) is 0 Å². The molecule has 23 heavy (non-hydrogen) atoms. The van der Waals surface area contributed by atoms with Crippen LogP contribution < -0.4 is 0 Å². The van der Waals surface area contributed by atoms with Gasteiger partial charge >= 0.3 is 0 Å². The molecule has 0 radical (unpaired) electrons. The summed E-state index contributed by atoms with van der Waals surface area (Å²) in [7, 11) is 0. The molecule has 0 heteroatoms. The molecule has 4 rings (SSSR count). The van der Waals surface area contributed by atoms with Gasteiger partial charge in [-0.1, -0.05) is 95.5 Å². The molecule has 0 spiro atoms. The van der Waals surface area contributed by atoms with Crippen molar-refractivity contribution in [3.63, 3.8) is 0 Å². The second-order valence-corrected chi connectivity index (χ2v) is 8.44. The number of fused-ring (bicyclic) bond motifs is 3. The Bertz CT molecular complexity index is 620. The maximum Gasteiger partial charge on any atom is 0.0158 e. The monoisotopic (exact) mass is 306 g/mol. The minimum atomic E-state index is 0.160. The summed E-state index contributed by atoms with van der Waals surface area (Å²) in [6, 6.07) is 17.4. The topological polar surface area (TPSA) is 0 Å². The summed E-state index contributed by atoms with van der Waals surface area (Å²) < 4.78 is 0. The molecule has 0 heterocycles. The van der Waals surface area contributed by atoms with E-state index in [0.29, 0.717) is 5.41 Å². The van der Waals surface area contributed by atoms with Gasteiger partial charge in [-0.05, 0) is 40.5 Å². The third-order valence-electron chi connectivity index (χ3n) is 5.70. The van der Waals surface area contributed by atoms with Crippen molar-refractivity contribution in [1.29, 1.82) is 0 Å². The van der Waals surface area contributed by atoms with E-state index in [9.17, 15) is 0 Å². The van der Waals surface area contributed by atoms with Gasteiger partial charge in [0.25, 0.3) is 0 Å². The van der Waals surface area contributed by atoms with E-state index in [0.717, 1.165) is 0 Å². The lowest BCUT2D eigenvalue weighted by Crippen LogP contribution is -2.14. The molecule has 0 aromatic heterocycles. The van der Waals surface area contributed by atoms with Crippen molar-refractivity contribution in [2.75, 3.05) is 0 Å². The smallest absolute Gasteiger partial charge is 0.0158 e. The van der Waals surface area contributed by atoms with Crippen LogP contribution in [0.3, 0.4) is 0 Å². The van der Waals surface area contributed by atoms with Crippen LogP contribution in [-0.2, 0) is 5.41 Å². The van der Waals surface area contributed by atoms with Gasteiger partial charge in [-0.15, -0.1) is 0 Å². The molecule has 2 aliphatic rings. The van der Waals surface area contributed by atoms with Gasteiger partial charge in [0.15, 0.2) is 0 Å². The Morgan fingerprint density at radius 2 is 1.04 bits per heavy atom. The Morgan fingerprint density at radius 1 is 0.609 bits per heavy atom. The lowest BCUT2D eigenvalue weighted by molar-refractivity contribution is 0.244. The Hall–Kier alpha value is -1.56. The van der Waals surface area contributed by atoms with Crippen molar-refractivity contribution < 1.29 is 0 Å². The van der Waals surface area contributed by atoms with Gasteiger partial charge in [-0.2, -0.15) is 0 Å². The van der Waals surface area contributed by atoms with E-state index in [1.807, 2.05) is 0 Å². The Labute approximate surface area is 141 Å². The van der Waals surface area contributed by atoms with Gasteiger partial charge in [0, 0.05) is 5.41 Å².